The maximum absolute atomic E-state index is 10.3. The molecule has 0 N–H and O–H groups in total. The van der Waals surface area contributed by atoms with E-state index in [0.29, 0.717) is 6.42 Å². The van der Waals surface area contributed by atoms with Gasteiger partial charge in [0.25, 0.3) is 0 Å². The molecule has 13 heavy (non-hydrogen) atoms. The number of rotatable bonds is 2. The van der Waals surface area contributed by atoms with Crippen LogP contribution in [0.3, 0.4) is 0 Å². The molecule has 1 aromatic heterocycles. The Kier molecular flexibility index (Phi) is 2.00. The van der Waals surface area contributed by atoms with Crippen LogP contribution >= 0.6 is 0 Å². The van der Waals surface area contributed by atoms with E-state index in [0.717, 1.165) is 22.9 Å². The van der Waals surface area contributed by atoms with Crippen LogP contribution in [0, 0.1) is 0 Å². The van der Waals surface area contributed by atoms with Crippen LogP contribution in [0.25, 0.3) is 11.0 Å². The van der Waals surface area contributed by atoms with Crippen molar-refractivity contribution in [2.45, 2.75) is 6.42 Å². The smallest absolute Gasteiger partial charge is 0.124 e. The molecule has 0 aliphatic carbocycles. The number of benzene rings is 1. The minimum Gasteiger partial charge on any atom is -0.303 e. The SMILES string of the molecule is O=CCc1ccc2nccnc2c1. The maximum atomic E-state index is 10.3. The number of hydrogen-bond donors (Lipinski definition) is 0. The Balaban J connectivity index is 2.55. The summed E-state index contributed by atoms with van der Waals surface area (Å²) in [6.45, 7) is 0. The van der Waals surface area contributed by atoms with Gasteiger partial charge in [0, 0.05) is 18.8 Å². The summed E-state index contributed by atoms with van der Waals surface area (Å²) in [7, 11) is 0. The van der Waals surface area contributed by atoms with Gasteiger partial charge in [-0.25, -0.2) is 0 Å². The molecule has 2 rings (SSSR count). The molecular weight excluding hydrogens is 164 g/mol. The average molecular weight is 172 g/mol. The summed E-state index contributed by atoms with van der Waals surface area (Å²) in [5, 5.41) is 0. The number of aldehydes is 1. The lowest BCUT2D eigenvalue weighted by Crippen LogP contribution is -1.88. The highest BCUT2D eigenvalue weighted by Crippen LogP contribution is 2.10. The van der Waals surface area contributed by atoms with Crippen molar-refractivity contribution in [2.24, 2.45) is 0 Å². The second-order valence-corrected chi connectivity index (χ2v) is 2.75. The number of nitrogens with zero attached hydrogens (tertiary/aromatic N) is 2. The highest BCUT2D eigenvalue weighted by atomic mass is 16.1. The molecule has 0 atom stereocenters. The first-order valence-electron chi connectivity index (χ1n) is 4.03. The van der Waals surface area contributed by atoms with Crippen LogP contribution in [0.15, 0.2) is 30.6 Å². The van der Waals surface area contributed by atoms with Crippen LogP contribution in [0.5, 0.6) is 0 Å². The first-order chi connectivity index (χ1) is 6.40. The molecule has 0 spiro atoms. The summed E-state index contributed by atoms with van der Waals surface area (Å²) in [6.07, 6.45) is 4.62. The van der Waals surface area contributed by atoms with E-state index in [1.54, 1.807) is 12.4 Å². The van der Waals surface area contributed by atoms with Gasteiger partial charge in [-0.3, -0.25) is 9.97 Å². The second-order valence-electron chi connectivity index (χ2n) is 2.75. The van der Waals surface area contributed by atoms with Crippen LogP contribution in [0.2, 0.25) is 0 Å². The zero-order valence-corrected chi connectivity index (χ0v) is 6.97. The van der Waals surface area contributed by atoms with Crippen molar-refractivity contribution in [3.63, 3.8) is 0 Å². The summed E-state index contributed by atoms with van der Waals surface area (Å²) in [5.74, 6) is 0. The van der Waals surface area contributed by atoms with Gasteiger partial charge in [-0.1, -0.05) is 6.07 Å². The van der Waals surface area contributed by atoms with Crippen molar-refractivity contribution < 1.29 is 4.79 Å². The van der Waals surface area contributed by atoms with Gasteiger partial charge in [-0.15, -0.1) is 0 Å². The van der Waals surface area contributed by atoms with E-state index in [9.17, 15) is 4.79 Å². The lowest BCUT2D eigenvalue weighted by Gasteiger charge is -1.97. The molecule has 0 amide bonds. The minimum absolute atomic E-state index is 0.437. The van der Waals surface area contributed by atoms with E-state index in [2.05, 4.69) is 9.97 Å². The fourth-order valence-corrected chi connectivity index (χ4v) is 1.23. The molecule has 1 aromatic carbocycles. The van der Waals surface area contributed by atoms with Crippen LogP contribution in [0.1, 0.15) is 5.56 Å². The van der Waals surface area contributed by atoms with Crippen LogP contribution < -0.4 is 0 Å². The van der Waals surface area contributed by atoms with Gasteiger partial charge < -0.3 is 4.79 Å². The third kappa shape index (κ3) is 1.54. The molecule has 3 nitrogen and oxygen atoms in total. The first-order valence-corrected chi connectivity index (χ1v) is 4.03. The summed E-state index contributed by atoms with van der Waals surface area (Å²) >= 11 is 0. The molecule has 0 saturated heterocycles. The van der Waals surface area contributed by atoms with Gasteiger partial charge in [0.15, 0.2) is 0 Å². The topological polar surface area (TPSA) is 42.9 Å². The number of carbonyl (C=O) groups is 1. The van der Waals surface area contributed by atoms with E-state index >= 15 is 0 Å². The lowest BCUT2D eigenvalue weighted by atomic mass is 10.1. The van der Waals surface area contributed by atoms with Crippen molar-refractivity contribution >= 4 is 17.3 Å². The summed E-state index contributed by atoms with van der Waals surface area (Å²) in [4.78, 5) is 18.6. The van der Waals surface area contributed by atoms with Crippen molar-refractivity contribution in [2.75, 3.05) is 0 Å². The Morgan fingerprint density at radius 1 is 1.15 bits per heavy atom. The van der Waals surface area contributed by atoms with E-state index in [4.69, 9.17) is 0 Å². The van der Waals surface area contributed by atoms with Crippen LogP contribution in [-0.4, -0.2) is 16.3 Å². The van der Waals surface area contributed by atoms with Crippen molar-refractivity contribution in [3.05, 3.63) is 36.2 Å². The van der Waals surface area contributed by atoms with Gasteiger partial charge >= 0.3 is 0 Å². The van der Waals surface area contributed by atoms with Crippen molar-refractivity contribution in [3.8, 4) is 0 Å². The molecule has 0 aliphatic heterocycles. The molecule has 0 unspecified atom stereocenters. The molecular formula is C10H8N2O. The minimum atomic E-state index is 0.437. The molecule has 0 fully saturated rings. The summed E-state index contributed by atoms with van der Waals surface area (Å²) in [5.41, 5.74) is 2.67. The zero-order valence-electron chi connectivity index (χ0n) is 6.97. The normalized spacial score (nSPS) is 10.2. The Labute approximate surface area is 75.4 Å². The van der Waals surface area contributed by atoms with Gasteiger partial charge in [0.2, 0.25) is 0 Å². The molecule has 1 heterocycles. The maximum Gasteiger partial charge on any atom is 0.124 e. The molecule has 3 heteroatoms. The third-order valence-electron chi connectivity index (χ3n) is 1.85. The average Bonchev–Trinajstić information content (AvgIpc) is 2.18. The summed E-state index contributed by atoms with van der Waals surface area (Å²) in [6, 6.07) is 5.66. The van der Waals surface area contributed by atoms with Gasteiger partial charge in [0.05, 0.1) is 11.0 Å². The van der Waals surface area contributed by atoms with E-state index in [1.807, 2.05) is 18.2 Å². The Hall–Kier alpha value is -1.77. The molecule has 64 valence electrons. The van der Waals surface area contributed by atoms with Gasteiger partial charge in [-0.2, -0.15) is 0 Å². The van der Waals surface area contributed by atoms with E-state index < -0.39 is 0 Å². The zero-order chi connectivity index (χ0) is 9.10. The van der Waals surface area contributed by atoms with E-state index in [1.165, 1.54) is 0 Å². The van der Waals surface area contributed by atoms with Gasteiger partial charge in [-0.05, 0) is 17.7 Å². The number of fused-ring (bicyclic) bond motifs is 1. The third-order valence-corrected chi connectivity index (χ3v) is 1.85. The van der Waals surface area contributed by atoms with Crippen LogP contribution in [0.4, 0.5) is 0 Å². The summed E-state index contributed by atoms with van der Waals surface area (Å²) < 4.78 is 0. The Bertz CT molecular complexity index is 440. The molecule has 0 bridgehead atoms. The van der Waals surface area contributed by atoms with Gasteiger partial charge in [0.1, 0.15) is 6.29 Å². The monoisotopic (exact) mass is 172 g/mol. The Morgan fingerprint density at radius 2 is 1.92 bits per heavy atom. The van der Waals surface area contributed by atoms with Crippen molar-refractivity contribution in [1.82, 2.24) is 9.97 Å². The Morgan fingerprint density at radius 3 is 2.69 bits per heavy atom. The van der Waals surface area contributed by atoms with Crippen molar-refractivity contribution in [1.29, 1.82) is 0 Å². The largest absolute Gasteiger partial charge is 0.303 e. The predicted octanol–water partition coefficient (Wildman–Crippen LogP) is 1.37. The van der Waals surface area contributed by atoms with E-state index in [-0.39, 0.29) is 0 Å². The number of aromatic nitrogens is 2. The highest BCUT2D eigenvalue weighted by molar-refractivity contribution is 5.75. The standard InChI is InChI=1S/C10H8N2O/c13-6-3-8-1-2-9-10(7-8)12-5-4-11-9/h1-2,4-7H,3H2. The fourth-order valence-electron chi connectivity index (χ4n) is 1.23. The number of hydrogen-bond acceptors (Lipinski definition) is 3. The number of carbonyl (C=O) groups excluding carboxylic acids is 1. The van der Waals surface area contributed by atoms with Crippen LogP contribution in [-0.2, 0) is 11.2 Å². The molecule has 0 aliphatic rings. The molecule has 0 radical (unpaired) electrons. The fraction of sp³-hybridized carbons (Fsp3) is 0.100. The predicted molar refractivity (Wildman–Crippen MR) is 49.3 cm³/mol. The quantitative estimate of drug-likeness (QED) is 0.642. The molecule has 2 aromatic rings. The second kappa shape index (κ2) is 3.31. The highest BCUT2D eigenvalue weighted by Gasteiger charge is 1.96. The molecule has 0 saturated carbocycles. The first kappa shape index (κ1) is 7.86. The lowest BCUT2D eigenvalue weighted by molar-refractivity contribution is -0.107.